The first kappa shape index (κ1) is 10.3. The number of alkyl halides is 2. The van der Waals surface area contributed by atoms with Gasteiger partial charge in [0.05, 0.1) is 0 Å². The maximum Gasteiger partial charge on any atom is 0.102 e. The van der Waals surface area contributed by atoms with Crippen LogP contribution in [0.15, 0.2) is 0 Å². The second-order valence-electron chi connectivity index (χ2n) is 4.61. The van der Waals surface area contributed by atoms with E-state index in [1.54, 1.807) is 0 Å². The van der Waals surface area contributed by atoms with Crippen LogP contribution in [0, 0.1) is 11.8 Å². The highest BCUT2D eigenvalue weighted by molar-refractivity contribution is 6.23. The zero-order valence-electron chi connectivity index (χ0n) is 8.11. The van der Waals surface area contributed by atoms with Crippen LogP contribution in [-0.4, -0.2) is 11.0 Å². The van der Waals surface area contributed by atoms with Gasteiger partial charge in [-0.15, -0.1) is 11.6 Å². The molecule has 0 bridgehead atoms. The summed E-state index contributed by atoms with van der Waals surface area (Å²) in [7, 11) is 0. The fourth-order valence-corrected chi connectivity index (χ4v) is 2.55. The number of hydrogen-bond acceptors (Lipinski definition) is 0. The zero-order chi connectivity index (χ0) is 9.35. The van der Waals surface area contributed by atoms with Crippen molar-refractivity contribution >= 4 is 11.6 Å². The average molecular weight is 193 g/mol. The lowest BCUT2D eigenvalue weighted by molar-refractivity contribution is 0.254. The van der Waals surface area contributed by atoms with Crippen LogP contribution in [0.5, 0.6) is 0 Å². The lowest BCUT2D eigenvalue weighted by Gasteiger charge is -2.23. The van der Waals surface area contributed by atoms with Gasteiger partial charge in [0.25, 0.3) is 0 Å². The quantitative estimate of drug-likeness (QED) is 0.405. The third-order valence-electron chi connectivity index (χ3n) is 2.99. The van der Waals surface area contributed by atoms with Crippen molar-refractivity contribution in [1.82, 2.24) is 0 Å². The van der Waals surface area contributed by atoms with Gasteiger partial charge in [-0.3, -0.25) is 0 Å². The summed E-state index contributed by atoms with van der Waals surface area (Å²) in [4.78, 5) is -0.316. The SMILES string of the molecule is CC1CC(F)CC(C)(Cl)CC1C. The second kappa shape index (κ2) is 3.53. The first-order valence-corrected chi connectivity index (χ1v) is 5.11. The normalized spacial score (nSPS) is 50.2. The van der Waals surface area contributed by atoms with Gasteiger partial charge in [0.1, 0.15) is 6.17 Å². The van der Waals surface area contributed by atoms with Crippen LogP contribution in [-0.2, 0) is 0 Å². The van der Waals surface area contributed by atoms with Crippen molar-refractivity contribution < 1.29 is 4.39 Å². The van der Waals surface area contributed by atoms with Crippen molar-refractivity contribution in [2.75, 3.05) is 0 Å². The Morgan fingerprint density at radius 2 is 1.83 bits per heavy atom. The van der Waals surface area contributed by atoms with E-state index in [2.05, 4.69) is 13.8 Å². The molecule has 12 heavy (non-hydrogen) atoms. The lowest BCUT2D eigenvalue weighted by Crippen LogP contribution is -2.21. The summed E-state index contributed by atoms with van der Waals surface area (Å²) >= 11 is 6.19. The van der Waals surface area contributed by atoms with Gasteiger partial charge in [-0.2, -0.15) is 0 Å². The maximum absolute atomic E-state index is 13.3. The van der Waals surface area contributed by atoms with Gasteiger partial charge in [0, 0.05) is 4.87 Å². The van der Waals surface area contributed by atoms with Crippen molar-refractivity contribution in [2.45, 2.75) is 51.1 Å². The Morgan fingerprint density at radius 1 is 1.25 bits per heavy atom. The van der Waals surface area contributed by atoms with Crippen molar-refractivity contribution in [3.05, 3.63) is 0 Å². The molecule has 0 aromatic carbocycles. The van der Waals surface area contributed by atoms with E-state index in [4.69, 9.17) is 11.6 Å². The lowest BCUT2D eigenvalue weighted by atomic mass is 9.89. The molecule has 2 heteroatoms. The van der Waals surface area contributed by atoms with E-state index >= 15 is 0 Å². The first-order chi connectivity index (χ1) is 5.41. The molecule has 0 spiro atoms. The first-order valence-electron chi connectivity index (χ1n) is 4.74. The summed E-state index contributed by atoms with van der Waals surface area (Å²) in [5, 5.41) is 0. The topological polar surface area (TPSA) is 0 Å². The van der Waals surface area contributed by atoms with E-state index in [0.717, 1.165) is 6.42 Å². The highest BCUT2D eigenvalue weighted by Crippen LogP contribution is 2.39. The predicted octanol–water partition coefficient (Wildman–Crippen LogP) is 3.78. The summed E-state index contributed by atoms with van der Waals surface area (Å²) in [5.74, 6) is 1.02. The highest BCUT2D eigenvalue weighted by atomic mass is 35.5. The molecule has 4 unspecified atom stereocenters. The minimum absolute atomic E-state index is 0.316. The van der Waals surface area contributed by atoms with E-state index in [1.165, 1.54) is 0 Å². The molecule has 0 aromatic rings. The minimum atomic E-state index is -0.701. The summed E-state index contributed by atoms with van der Waals surface area (Å²) < 4.78 is 13.3. The number of rotatable bonds is 0. The third kappa shape index (κ3) is 2.62. The van der Waals surface area contributed by atoms with Crippen LogP contribution in [0.1, 0.15) is 40.0 Å². The molecule has 72 valence electrons. The van der Waals surface area contributed by atoms with Gasteiger partial charge >= 0.3 is 0 Å². The standard InChI is InChI=1S/C10H18ClF/c1-7-4-9(12)6-10(3,11)5-8(7)2/h7-9H,4-6H2,1-3H3. The monoisotopic (exact) mass is 192 g/mol. The Kier molecular flexibility index (Phi) is 3.03. The molecule has 1 rings (SSSR count). The Balaban J connectivity index is 2.66. The van der Waals surface area contributed by atoms with Crippen LogP contribution in [0.4, 0.5) is 4.39 Å². The van der Waals surface area contributed by atoms with Gasteiger partial charge in [-0.1, -0.05) is 13.8 Å². The van der Waals surface area contributed by atoms with Crippen LogP contribution in [0.25, 0.3) is 0 Å². The molecule has 0 aromatic heterocycles. The molecular formula is C10H18ClF. The Bertz CT molecular complexity index is 156. The average Bonchev–Trinajstić information content (AvgIpc) is 1.89. The summed E-state index contributed by atoms with van der Waals surface area (Å²) in [6.45, 7) is 6.24. The fourth-order valence-electron chi connectivity index (χ4n) is 2.14. The van der Waals surface area contributed by atoms with Crippen molar-refractivity contribution in [1.29, 1.82) is 0 Å². The van der Waals surface area contributed by atoms with E-state index in [0.29, 0.717) is 24.7 Å². The van der Waals surface area contributed by atoms with E-state index in [-0.39, 0.29) is 4.87 Å². The molecule has 4 atom stereocenters. The second-order valence-corrected chi connectivity index (χ2v) is 5.52. The predicted molar refractivity (Wildman–Crippen MR) is 51.3 cm³/mol. The van der Waals surface area contributed by atoms with Crippen LogP contribution in [0.2, 0.25) is 0 Å². The third-order valence-corrected chi connectivity index (χ3v) is 3.30. The highest BCUT2D eigenvalue weighted by Gasteiger charge is 2.34. The van der Waals surface area contributed by atoms with Gasteiger partial charge in [-0.25, -0.2) is 4.39 Å². The molecule has 0 radical (unpaired) electrons. The molecule has 0 N–H and O–H groups in total. The largest absolute Gasteiger partial charge is 0.247 e. The molecule has 0 nitrogen and oxygen atoms in total. The minimum Gasteiger partial charge on any atom is -0.247 e. The Hall–Kier alpha value is 0.220. The molecular weight excluding hydrogens is 175 g/mol. The van der Waals surface area contributed by atoms with Crippen LogP contribution >= 0.6 is 11.6 Å². The van der Waals surface area contributed by atoms with Crippen LogP contribution < -0.4 is 0 Å². The molecule has 1 aliphatic carbocycles. The molecule has 1 aliphatic rings. The summed E-state index contributed by atoms with van der Waals surface area (Å²) in [6, 6.07) is 0. The van der Waals surface area contributed by atoms with Gasteiger partial charge in [-0.05, 0) is 38.0 Å². The number of hydrogen-bond donors (Lipinski definition) is 0. The molecule has 0 saturated heterocycles. The van der Waals surface area contributed by atoms with E-state index in [9.17, 15) is 4.39 Å². The number of halogens is 2. The molecule has 1 saturated carbocycles. The molecule has 0 heterocycles. The Labute approximate surface area is 79.5 Å². The van der Waals surface area contributed by atoms with Crippen molar-refractivity contribution in [3.63, 3.8) is 0 Å². The zero-order valence-corrected chi connectivity index (χ0v) is 8.87. The van der Waals surface area contributed by atoms with Gasteiger partial charge < -0.3 is 0 Å². The van der Waals surface area contributed by atoms with E-state index in [1.807, 2.05) is 6.92 Å². The molecule has 0 aliphatic heterocycles. The molecule has 0 amide bonds. The van der Waals surface area contributed by atoms with Crippen LogP contribution in [0.3, 0.4) is 0 Å². The maximum atomic E-state index is 13.3. The summed E-state index contributed by atoms with van der Waals surface area (Å²) in [6.07, 6.45) is 1.44. The Morgan fingerprint density at radius 3 is 2.42 bits per heavy atom. The van der Waals surface area contributed by atoms with Gasteiger partial charge in [0.15, 0.2) is 0 Å². The summed E-state index contributed by atoms with van der Waals surface area (Å²) in [5.41, 5.74) is 0. The van der Waals surface area contributed by atoms with Gasteiger partial charge in [0.2, 0.25) is 0 Å². The van der Waals surface area contributed by atoms with Crippen molar-refractivity contribution in [2.24, 2.45) is 11.8 Å². The smallest absolute Gasteiger partial charge is 0.102 e. The van der Waals surface area contributed by atoms with E-state index < -0.39 is 6.17 Å². The molecule has 1 fully saturated rings. The van der Waals surface area contributed by atoms with Crippen molar-refractivity contribution in [3.8, 4) is 0 Å². The fraction of sp³-hybridized carbons (Fsp3) is 1.00.